The van der Waals surface area contributed by atoms with Crippen molar-refractivity contribution in [3.8, 4) is 0 Å². The zero-order valence-electron chi connectivity index (χ0n) is 22.2. The van der Waals surface area contributed by atoms with Crippen LogP contribution in [0.3, 0.4) is 0 Å². The van der Waals surface area contributed by atoms with Gasteiger partial charge < -0.3 is 23.4 Å². The second-order valence-corrected chi connectivity index (χ2v) is 15.8. The van der Waals surface area contributed by atoms with Crippen molar-refractivity contribution in [2.24, 2.45) is 5.41 Å². The summed E-state index contributed by atoms with van der Waals surface area (Å²) in [7, 11) is -0.412. The quantitative estimate of drug-likeness (QED) is 0.0911. The van der Waals surface area contributed by atoms with E-state index in [1.54, 1.807) is 7.11 Å². The Labute approximate surface area is 199 Å². The molecule has 0 aliphatic heterocycles. The summed E-state index contributed by atoms with van der Waals surface area (Å²) in [5, 5.41) is 0. The van der Waals surface area contributed by atoms with E-state index in [9.17, 15) is 4.79 Å². The van der Waals surface area contributed by atoms with E-state index in [1.807, 2.05) is 12.2 Å². The molecule has 0 fully saturated rings. The van der Waals surface area contributed by atoms with Crippen molar-refractivity contribution >= 4 is 14.6 Å². The smallest absolute Gasteiger partial charge is 0.200 e. The number of ether oxygens (including phenoxy) is 3. The Balaban J connectivity index is 5.49. The Kier molecular flexibility index (Phi) is 14.8. The highest BCUT2D eigenvalue weighted by atomic mass is 28.4. The summed E-state index contributed by atoms with van der Waals surface area (Å²) in [6.07, 6.45) is 5.53. The monoisotopic (exact) mass is 470 g/mol. The highest BCUT2D eigenvalue weighted by molar-refractivity contribution is 6.77. The van der Waals surface area contributed by atoms with E-state index in [4.69, 9.17) is 18.6 Å². The molecule has 0 spiro atoms. The average molecular weight is 471 g/mol. The van der Waals surface area contributed by atoms with Crippen LogP contribution in [0, 0.1) is 5.41 Å². The van der Waals surface area contributed by atoms with Gasteiger partial charge in [-0.25, -0.2) is 0 Å². The average Bonchev–Trinajstić information content (AvgIpc) is 2.69. The van der Waals surface area contributed by atoms with Crippen molar-refractivity contribution in [2.45, 2.75) is 110 Å². The van der Waals surface area contributed by atoms with Gasteiger partial charge in [-0.1, -0.05) is 67.5 Å². The van der Waals surface area contributed by atoms with Gasteiger partial charge in [0.1, 0.15) is 13.1 Å². The second-order valence-electron chi connectivity index (χ2n) is 10.4. The third-order valence-corrected chi connectivity index (χ3v) is 12.5. The zero-order valence-corrected chi connectivity index (χ0v) is 23.2. The summed E-state index contributed by atoms with van der Waals surface area (Å²) in [5.41, 5.74) is 1.32. The first kappa shape index (κ1) is 31.2. The van der Waals surface area contributed by atoms with E-state index in [-0.39, 0.29) is 30.5 Å². The number of hydrogen-bond donors (Lipinski definition) is 0. The van der Waals surface area contributed by atoms with Crippen molar-refractivity contribution in [1.29, 1.82) is 0 Å². The van der Waals surface area contributed by atoms with E-state index in [0.29, 0.717) is 42.5 Å². The summed E-state index contributed by atoms with van der Waals surface area (Å²) in [4.78, 5) is 11.1. The molecule has 0 aromatic carbocycles. The standard InChI is InChI=1S/C26H50O5Si/c1-12-14-24(17-23(15-16-27)29-19-28-11)31-25(13-2)26(9,10)18-30-32(20(3)4,21(5)6)22(7)8/h12-13,16,20-25H,1-2,14-15,17-19H2,3-11H3/t23-,24-,25-/m1/s1. The molecule has 0 aliphatic rings. The first-order valence-electron chi connectivity index (χ1n) is 12.0. The summed E-state index contributed by atoms with van der Waals surface area (Å²) in [5.74, 6) is 0. The van der Waals surface area contributed by atoms with Crippen molar-refractivity contribution < 1.29 is 23.4 Å². The van der Waals surface area contributed by atoms with Crippen LogP contribution in [-0.2, 0) is 23.4 Å². The minimum atomic E-state index is -1.98. The van der Waals surface area contributed by atoms with Crippen molar-refractivity contribution in [3.05, 3.63) is 25.3 Å². The summed E-state index contributed by atoms with van der Waals surface area (Å²) in [6.45, 7) is 26.8. The summed E-state index contributed by atoms with van der Waals surface area (Å²) < 4.78 is 24.1. The van der Waals surface area contributed by atoms with Gasteiger partial charge in [0.2, 0.25) is 0 Å². The van der Waals surface area contributed by atoms with Gasteiger partial charge in [-0.2, -0.15) is 0 Å². The molecule has 5 nitrogen and oxygen atoms in total. The van der Waals surface area contributed by atoms with Crippen LogP contribution in [-0.4, -0.2) is 53.4 Å². The van der Waals surface area contributed by atoms with Crippen LogP contribution in [0.4, 0.5) is 0 Å². The molecule has 0 rings (SSSR count). The molecule has 0 aliphatic carbocycles. The number of carbonyl (C=O) groups is 1. The fourth-order valence-corrected chi connectivity index (χ4v) is 10.5. The lowest BCUT2D eigenvalue weighted by Crippen LogP contribution is -2.51. The SMILES string of the molecule is C=CC[C@H](C[C@@H](CC=O)OCOC)O[C@H](C=C)C(C)(C)CO[Si](C(C)C)(C(C)C)C(C)C. The van der Waals surface area contributed by atoms with E-state index in [1.165, 1.54) is 0 Å². The molecule has 0 saturated heterocycles. The fraction of sp³-hybridized carbons (Fsp3) is 0.808. The fourth-order valence-electron chi connectivity index (χ4n) is 4.85. The van der Waals surface area contributed by atoms with E-state index >= 15 is 0 Å². The first-order chi connectivity index (χ1) is 14.9. The largest absolute Gasteiger partial charge is 0.415 e. The molecule has 0 amide bonds. The molecular weight excluding hydrogens is 420 g/mol. The van der Waals surface area contributed by atoms with E-state index in [2.05, 4.69) is 68.5 Å². The van der Waals surface area contributed by atoms with Gasteiger partial charge in [0.25, 0.3) is 0 Å². The molecule has 188 valence electrons. The molecule has 0 heterocycles. The maximum atomic E-state index is 11.1. The maximum absolute atomic E-state index is 11.1. The Morgan fingerprint density at radius 3 is 1.91 bits per heavy atom. The predicted molar refractivity (Wildman–Crippen MR) is 136 cm³/mol. The molecule has 0 aromatic rings. The van der Waals surface area contributed by atoms with E-state index in [0.717, 1.165) is 6.29 Å². The second kappa shape index (κ2) is 15.2. The highest BCUT2D eigenvalue weighted by Crippen LogP contribution is 2.43. The first-order valence-corrected chi connectivity index (χ1v) is 14.1. The van der Waals surface area contributed by atoms with Crippen molar-refractivity contribution in [2.75, 3.05) is 20.5 Å². The molecule has 32 heavy (non-hydrogen) atoms. The van der Waals surface area contributed by atoms with Crippen LogP contribution in [0.2, 0.25) is 16.6 Å². The molecule has 0 radical (unpaired) electrons. The Hall–Kier alpha value is -0.793. The topological polar surface area (TPSA) is 54.0 Å². The third-order valence-electron chi connectivity index (χ3n) is 6.46. The number of methoxy groups -OCH3 is 1. The lowest BCUT2D eigenvalue weighted by molar-refractivity contribution is -0.123. The zero-order chi connectivity index (χ0) is 24.9. The van der Waals surface area contributed by atoms with Gasteiger partial charge in [0.15, 0.2) is 8.32 Å². The van der Waals surface area contributed by atoms with Gasteiger partial charge in [0, 0.05) is 32.0 Å². The predicted octanol–water partition coefficient (Wildman–Crippen LogP) is 6.69. The Bertz CT molecular complexity index is 523. The Morgan fingerprint density at radius 2 is 1.50 bits per heavy atom. The van der Waals surface area contributed by atoms with Crippen molar-refractivity contribution in [3.63, 3.8) is 0 Å². The molecule has 0 saturated carbocycles. The van der Waals surface area contributed by atoms with Gasteiger partial charge in [-0.15, -0.1) is 13.2 Å². The third kappa shape index (κ3) is 9.22. The van der Waals surface area contributed by atoms with Gasteiger partial charge in [0.05, 0.1) is 18.3 Å². The van der Waals surface area contributed by atoms with Crippen LogP contribution in [0.1, 0.15) is 74.7 Å². The molecule has 6 heteroatoms. The number of carbonyl (C=O) groups excluding carboxylic acids is 1. The van der Waals surface area contributed by atoms with Gasteiger partial charge in [-0.05, 0) is 23.0 Å². The lowest BCUT2D eigenvalue weighted by atomic mass is 9.87. The van der Waals surface area contributed by atoms with Crippen LogP contribution in [0.5, 0.6) is 0 Å². The van der Waals surface area contributed by atoms with Crippen LogP contribution in [0.15, 0.2) is 25.3 Å². The van der Waals surface area contributed by atoms with Crippen LogP contribution >= 0.6 is 0 Å². The van der Waals surface area contributed by atoms with Gasteiger partial charge >= 0.3 is 0 Å². The molecule has 0 bridgehead atoms. The number of aldehydes is 1. The molecule has 0 N–H and O–H groups in total. The summed E-state index contributed by atoms with van der Waals surface area (Å²) >= 11 is 0. The minimum Gasteiger partial charge on any atom is -0.415 e. The van der Waals surface area contributed by atoms with E-state index < -0.39 is 8.32 Å². The number of hydrogen-bond acceptors (Lipinski definition) is 5. The van der Waals surface area contributed by atoms with Crippen LogP contribution in [0.25, 0.3) is 0 Å². The highest BCUT2D eigenvalue weighted by Gasteiger charge is 2.46. The van der Waals surface area contributed by atoms with Crippen molar-refractivity contribution in [1.82, 2.24) is 0 Å². The normalized spacial score (nSPS) is 15.8. The maximum Gasteiger partial charge on any atom is 0.200 e. The molecular formula is C26H50O5Si. The lowest BCUT2D eigenvalue weighted by Gasteiger charge is -2.45. The number of rotatable bonds is 19. The Morgan fingerprint density at radius 1 is 0.938 bits per heavy atom. The molecule has 0 unspecified atom stereocenters. The summed E-state index contributed by atoms with van der Waals surface area (Å²) in [6, 6.07) is 0. The minimum absolute atomic E-state index is 0.140. The molecule has 3 atom stereocenters. The van der Waals surface area contributed by atoms with Crippen LogP contribution < -0.4 is 0 Å². The molecule has 0 aromatic heterocycles. The van der Waals surface area contributed by atoms with Gasteiger partial charge in [-0.3, -0.25) is 0 Å².